The normalized spacial score (nSPS) is 29.3. The van der Waals surface area contributed by atoms with E-state index in [-0.39, 0.29) is 5.75 Å². The van der Waals surface area contributed by atoms with Crippen molar-refractivity contribution in [3.63, 3.8) is 0 Å². The van der Waals surface area contributed by atoms with E-state index in [0.717, 1.165) is 16.6 Å². The fraction of sp³-hybridized carbons (Fsp3) is 0.333. The molecule has 0 spiro atoms. The average Bonchev–Trinajstić information content (AvgIpc) is 3.15. The molecule has 3 aromatic rings. The Morgan fingerprint density at radius 3 is 2.53 bits per heavy atom. The van der Waals surface area contributed by atoms with Crippen molar-refractivity contribution in [2.24, 2.45) is 0 Å². The highest BCUT2D eigenvalue weighted by Gasteiger charge is 2.57. The van der Waals surface area contributed by atoms with Gasteiger partial charge in [0.25, 0.3) is 5.79 Å². The van der Waals surface area contributed by atoms with Crippen LogP contribution in [-0.2, 0) is 11.2 Å². The number of H-pyrrole nitrogens is 1. The van der Waals surface area contributed by atoms with Crippen molar-refractivity contribution >= 4 is 22.5 Å². The molecule has 30 heavy (non-hydrogen) atoms. The minimum atomic E-state index is -2.64. The van der Waals surface area contributed by atoms with Crippen LogP contribution in [0.4, 0.5) is 0 Å². The van der Waals surface area contributed by atoms with Crippen molar-refractivity contribution in [3.05, 3.63) is 64.8 Å². The second kappa shape index (κ2) is 8.16. The number of aromatic amines is 1. The third-order valence-corrected chi connectivity index (χ3v) is 5.55. The third-order valence-electron chi connectivity index (χ3n) is 5.30. The van der Waals surface area contributed by atoms with E-state index in [9.17, 15) is 25.5 Å². The number of hydrogen-bond donors (Lipinski definition) is 6. The van der Waals surface area contributed by atoms with Gasteiger partial charge in [0.05, 0.1) is 6.61 Å². The zero-order chi connectivity index (χ0) is 21.5. The van der Waals surface area contributed by atoms with Gasteiger partial charge in [0.2, 0.25) is 6.29 Å². The zero-order valence-electron chi connectivity index (χ0n) is 15.8. The van der Waals surface area contributed by atoms with Crippen LogP contribution in [0.1, 0.15) is 11.1 Å². The topological polar surface area (TPSA) is 135 Å². The number of fused-ring (bicyclic) bond motifs is 1. The highest BCUT2D eigenvalue weighted by molar-refractivity contribution is 6.30. The Hall–Kier alpha value is -2.17. The quantitative estimate of drug-likeness (QED) is 0.328. The van der Waals surface area contributed by atoms with E-state index in [1.807, 2.05) is 18.2 Å². The van der Waals surface area contributed by atoms with Crippen LogP contribution in [0.3, 0.4) is 0 Å². The average molecular weight is 436 g/mol. The number of aromatic nitrogens is 1. The molecule has 1 fully saturated rings. The fourth-order valence-corrected chi connectivity index (χ4v) is 3.77. The third kappa shape index (κ3) is 3.67. The van der Waals surface area contributed by atoms with Gasteiger partial charge < -0.3 is 40.0 Å². The second-order valence-electron chi connectivity index (χ2n) is 7.29. The van der Waals surface area contributed by atoms with Crippen molar-refractivity contribution in [2.45, 2.75) is 36.8 Å². The molecule has 160 valence electrons. The van der Waals surface area contributed by atoms with Gasteiger partial charge >= 0.3 is 0 Å². The second-order valence-corrected chi connectivity index (χ2v) is 7.73. The van der Waals surface area contributed by atoms with Crippen molar-refractivity contribution in [1.82, 2.24) is 4.98 Å². The molecule has 0 amide bonds. The Morgan fingerprint density at radius 1 is 1.10 bits per heavy atom. The first-order valence-electron chi connectivity index (χ1n) is 9.39. The van der Waals surface area contributed by atoms with Crippen LogP contribution in [0.2, 0.25) is 5.02 Å². The zero-order valence-corrected chi connectivity index (χ0v) is 16.5. The van der Waals surface area contributed by atoms with Crippen LogP contribution in [-0.4, -0.2) is 67.5 Å². The Bertz CT molecular complexity index is 1020. The van der Waals surface area contributed by atoms with Gasteiger partial charge in [-0.05, 0) is 41.8 Å². The molecule has 2 heterocycles. The predicted molar refractivity (Wildman–Crippen MR) is 108 cm³/mol. The highest BCUT2D eigenvalue weighted by Crippen LogP contribution is 2.36. The largest absolute Gasteiger partial charge is 0.454 e. The summed E-state index contributed by atoms with van der Waals surface area (Å²) in [5, 5.41) is 52.1. The lowest BCUT2D eigenvalue weighted by atomic mass is 9.95. The maximum absolute atomic E-state index is 10.8. The standard InChI is InChI=1S/C21H22ClNO7/c22-13-6-4-11(5-7-13)8-12-9-23-14-2-1-3-15(17(12)14)30-21(28)19(26)18(25)16(10-24)29-20(21)27/h1-7,9,16,18-20,23-28H,8,10H2/t16-,18-,19+,20-,21+/m1/s1. The summed E-state index contributed by atoms with van der Waals surface area (Å²) in [7, 11) is 0. The number of hydrogen-bond acceptors (Lipinski definition) is 7. The molecular weight excluding hydrogens is 414 g/mol. The first-order chi connectivity index (χ1) is 14.3. The van der Waals surface area contributed by atoms with Crippen LogP contribution < -0.4 is 4.74 Å². The number of rotatable bonds is 5. The molecule has 4 rings (SSSR count). The molecule has 1 aromatic heterocycles. The summed E-state index contributed by atoms with van der Waals surface area (Å²) in [4.78, 5) is 3.13. The summed E-state index contributed by atoms with van der Waals surface area (Å²) in [6.45, 7) is -0.649. The van der Waals surface area contributed by atoms with Gasteiger partial charge in [0.15, 0.2) is 6.10 Å². The van der Waals surface area contributed by atoms with Crippen molar-refractivity contribution in [2.75, 3.05) is 6.61 Å². The van der Waals surface area contributed by atoms with E-state index in [4.69, 9.17) is 21.1 Å². The fourth-order valence-electron chi connectivity index (χ4n) is 3.64. The lowest BCUT2D eigenvalue weighted by molar-refractivity contribution is -0.385. The van der Waals surface area contributed by atoms with Crippen LogP contribution in [0.15, 0.2) is 48.7 Å². The van der Waals surface area contributed by atoms with E-state index in [1.54, 1.807) is 30.5 Å². The Morgan fingerprint density at radius 2 is 1.83 bits per heavy atom. The molecule has 0 bridgehead atoms. The summed E-state index contributed by atoms with van der Waals surface area (Å²) in [5.74, 6) is -2.47. The number of nitrogens with one attached hydrogen (secondary N) is 1. The van der Waals surface area contributed by atoms with Crippen molar-refractivity contribution in [1.29, 1.82) is 0 Å². The van der Waals surface area contributed by atoms with E-state index in [1.165, 1.54) is 0 Å². The number of ether oxygens (including phenoxy) is 2. The summed E-state index contributed by atoms with van der Waals surface area (Å²) >= 11 is 5.95. The lowest BCUT2D eigenvalue weighted by Crippen LogP contribution is -2.69. The first-order valence-corrected chi connectivity index (χ1v) is 9.76. The van der Waals surface area contributed by atoms with Gasteiger partial charge in [-0.3, -0.25) is 0 Å². The van der Waals surface area contributed by atoms with Crippen LogP contribution in [0, 0.1) is 0 Å². The van der Waals surface area contributed by atoms with Gasteiger partial charge in [-0.25, -0.2) is 0 Å². The Balaban J connectivity index is 1.69. The van der Waals surface area contributed by atoms with Gasteiger partial charge in [-0.1, -0.05) is 29.8 Å². The SMILES string of the molecule is OC[C@H]1O[C@@H](O)[C@@](O)(Oc2cccc3[nH]cc(Cc4ccc(Cl)cc4)c23)[C@@H](O)[C@@H]1O. The molecule has 1 saturated heterocycles. The molecule has 0 unspecified atom stereocenters. The van der Waals surface area contributed by atoms with Gasteiger partial charge in [-0.2, -0.15) is 0 Å². The highest BCUT2D eigenvalue weighted by atomic mass is 35.5. The molecule has 6 N–H and O–H groups in total. The van der Waals surface area contributed by atoms with E-state index in [0.29, 0.717) is 16.8 Å². The van der Waals surface area contributed by atoms with Gasteiger partial charge in [-0.15, -0.1) is 0 Å². The number of halogens is 1. The van der Waals surface area contributed by atoms with Gasteiger partial charge in [0, 0.05) is 22.1 Å². The van der Waals surface area contributed by atoms with Crippen LogP contribution in [0.5, 0.6) is 5.75 Å². The molecule has 0 saturated carbocycles. The molecule has 0 radical (unpaired) electrons. The number of aliphatic hydroxyl groups is 5. The van der Waals surface area contributed by atoms with Crippen LogP contribution in [0.25, 0.3) is 10.9 Å². The maximum atomic E-state index is 10.8. The smallest absolute Gasteiger partial charge is 0.288 e. The molecule has 1 aliphatic heterocycles. The molecular formula is C21H22ClNO7. The molecule has 9 heteroatoms. The molecule has 0 aliphatic carbocycles. The van der Waals surface area contributed by atoms with Gasteiger partial charge in [0.1, 0.15) is 18.0 Å². The van der Waals surface area contributed by atoms with Crippen molar-refractivity contribution in [3.8, 4) is 5.75 Å². The molecule has 1 aliphatic rings. The van der Waals surface area contributed by atoms with E-state index in [2.05, 4.69) is 4.98 Å². The first kappa shape index (κ1) is 21.1. The Labute approximate surface area is 176 Å². The monoisotopic (exact) mass is 435 g/mol. The van der Waals surface area contributed by atoms with E-state index < -0.39 is 37.0 Å². The Kier molecular flexibility index (Phi) is 5.73. The lowest BCUT2D eigenvalue weighted by Gasteiger charge is -2.45. The maximum Gasteiger partial charge on any atom is 0.288 e. The molecule has 5 atom stereocenters. The summed E-state index contributed by atoms with van der Waals surface area (Å²) < 4.78 is 10.7. The van der Waals surface area contributed by atoms with E-state index >= 15 is 0 Å². The van der Waals surface area contributed by atoms with Crippen LogP contribution >= 0.6 is 11.6 Å². The molecule has 8 nitrogen and oxygen atoms in total. The predicted octanol–water partition coefficient (Wildman–Crippen LogP) is 0.911. The number of benzene rings is 2. The summed E-state index contributed by atoms with van der Waals surface area (Å²) in [5.41, 5.74) is 2.56. The number of aliphatic hydroxyl groups excluding tert-OH is 4. The minimum Gasteiger partial charge on any atom is -0.454 e. The summed E-state index contributed by atoms with van der Waals surface area (Å²) in [6, 6.07) is 12.4. The summed E-state index contributed by atoms with van der Waals surface area (Å²) in [6.07, 6.45) is -4.51. The minimum absolute atomic E-state index is 0.177. The van der Waals surface area contributed by atoms with Crippen molar-refractivity contribution < 1.29 is 35.0 Å². The molecule has 2 aromatic carbocycles.